The summed E-state index contributed by atoms with van der Waals surface area (Å²) in [6.07, 6.45) is 1.04. The first kappa shape index (κ1) is 37.3. The highest BCUT2D eigenvalue weighted by Crippen LogP contribution is 2.40. The van der Waals surface area contributed by atoms with E-state index in [9.17, 15) is 35.1 Å². The third-order valence-corrected chi connectivity index (χ3v) is 7.75. The van der Waals surface area contributed by atoms with E-state index in [0.29, 0.717) is 12.8 Å². The van der Waals surface area contributed by atoms with Gasteiger partial charge in [0.05, 0.1) is 5.56 Å². The zero-order valence-electron chi connectivity index (χ0n) is 27.1. The van der Waals surface area contributed by atoms with E-state index in [1.807, 2.05) is 43.3 Å². The van der Waals surface area contributed by atoms with E-state index in [-0.39, 0.29) is 58.1 Å². The molecule has 1 heterocycles. The van der Waals surface area contributed by atoms with Crippen LogP contribution in [0.2, 0.25) is 0 Å². The number of aromatic hydroxyl groups is 5. The lowest BCUT2D eigenvalue weighted by Crippen LogP contribution is -2.44. The number of carbonyl (C=O) groups is 1. The first-order valence-corrected chi connectivity index (χ1v) is 15.1. The molecule has 11 heteroatoms. The van der Waals surface area contributed by atoms with Gasteiger partial charge >= 0.3 is 5.97 Å². The molecule has 0 aliphatic carbocycles. The molecule has 5 aromatic rings. The molecule has 0 spiro atoms. The van der Waals surface area contributed by atoms with Gasteiger partial charge in [0.15, 0.2) is 5.76 Å². The van der Waals surface area contributed by atoms with Gasteiger partial charge in [0.2, 0.25) is 11.2 Å². The quantitative estimate of drug-likeness (QED) is 0.106. The minimum atomic E-state index is -0.916. The molecular weight excluding hydrogens is 638 g/mol. The number of phenols is 4. The van der Waals surface area contributed by atoms with Crippen molar-refractivity contribution in [2.24, 2.45) is 5.92 Å². The molecule has 0 saturated heterocycles. The Hall–Kier alpha value is -5.19. The third-order valence-electron chi connectivity index (χ3n) is 7.75. The summed E-state index contributed by atoms with van der Waals surface area (Å²) < 4.78 is 11.5. The molecule has 0 fully saturated rings. The zero-order chi connectivity index (χ0) is 34.3. The number of halogens is 1. The van der Waals surface area contributed by atoms with Crippen molar-refractivity contribution >= 4 is 29.3 Å². The van der Waals surface area contributed by atoms with Crippen molar-refractivity contribution in [1.29, 1.82) is 0 Å². The number of nitrogens with zero attached hydrogens (tertiary/aromatic N) is 1. The highest BCUT2D eigenvalue weighted by molar-refractivity contribution is 5.88. The first-order valence-electron chi connectivity index (χ1n) is 15.1. The lowest BCUT2D eigenvalue weighted by atomic mass is 9.77. The molecule has 5 rings (SSSR count). The molecule has 48 heavy (non-hydrogen) atoms. The Morgan fingerprint density at radius 3 is 2.04 bits per heavy atom. The lowest BCUT2D eigenvalue weighted by Gasteiger charge is -2.40. The fraction of sp³-hybridized carbons (Fsp3) is 0.243. The van der Waals surface area contributed by atoms with E-state index in [1.165, 1.54) is 17.7 Å². The van der Waals surface area contributed by atoms with Crippen molar-refractivity contribution in [3.05, 3.63) is 112 Å². The van der Waals surface area contributed by atoms with Gasteiger partial charge in [-0.2, -0.15) is 0 Å². The van der Waals surface area contributed by atoms with Crippen LogP contribution in [0.1, 0.15) is 31.4 Å². The molecular formula is C37H40ClNO9. The molecule has 4 aromatic carbocycles. The molecule has 0 aliphatic rings. The van der Waals surface area contributed by atoms with Crippen LogP contribution in [0.15, 0.2) is 100 Å². The smallest absolute Gasteiger partial charge is 0.306 e. The minimum Gasteiger partial charge on any atom is -0.508 e. The molecule has 5 N–H and O–H groups in total. The minimum absolute atomic E-state index is 0. The average Bonchev–Trinajstić information content (AvgIpc) is 3.03. The fourth-order valence-corrected chi connectivity index (χ4v) is 5.52. The highest BCUT2D eigenvalue weighted by atomic mass is 35.5. The van der Waals surface area contributed by atoms with Crippen molar-refractivity contribution in [3.63, 3.8) is 0 Å². The number of carbonyl (C=O) groups excluding carboxylic acids is 1. The van der Waals surface area contributed by atoms with Crippen LogP contribution in [0, 0.1) is 5.92 Å². The van der Waals surface area contributed by atoms with Crippen LogP contribution < -0.4 is 5.43 Å². The van der Waals surface area contributed by atoms with Crippen molar-refractivity contribution in [3.8, 4) is 40.1 Å². The highest BCUT2D eigenvalue weighted by Gasteiger charge is 2.42. The summed E-state index contributed by atoms with van der Waals surface area (Å²) in [4.78, 5) is 26.6. The van der Waals surface area contributed by atoms with Gasteiger partial charge in [0, 0.05) is 43.5 Å². The summed E-state index contributed by atoms with van der Waals surface area (Å²) >= 11 is 0. The molecule has 254 valence electrons. The van der Waals surface area contributed by atoms with Crippen molar-refractivity contribution < 1.29 is 39.5 Å². The van der Waals surface area contributed by atoms with Crippen LogP contribution in [-0.2, 0) is 21.6 Å². The molecule has 0 unspecified atom stereocenters. The summed E-state index contributed by atoms with van der Waals surface area (Å²) in [5, 5.41) is 47.9. The summed E-state index contributed by atoms with van der Waals surface area (Å²) in [6, 6.07) is 25.9. The predicted molar refractivity (Wildman–Crippen MR) is 186 cm³/mol. The number of phenolic OH excluding ortho intramolecular Hbond substituents is 4. The Bertz CT molecular complexity index is 1900. The number of esters is 1. The van der Waals surface area contributed by atoms with Crippen molar-refractivity contribution in [2.45, 2.75) is 32.3 Å². The number of benzene rings is 4. The number of hydrogen-bond acceptors (Lipinski definition) is 10. The Morgan fingerprint density at radius 1 is 0.854 bits per heavy atom. The van der Waals surface area contributed by atoms with Gasteiger partial charge in [-0.25, -0.2) is 0 Å². The van der Waals surface area contributed by atoms with Crippen molar-refractivity contribution in [1.82, 2.24) is 4.90 Å². The second-order valence-corrected chi connectivity index (χ2v) is 11.6. The van der Waals surface area contributed by atoms with Crippen LogP contribution in [0.3, 0.4) is 0 Å². The maximum absolute atomic E-state index is 12.3. The van der Waals surface area contributed by atoms with Crippen LogP contribution in [0.25, 0.3) is 22.3 Å². The summed E-state index contributed by atoms with van der Waals surface area (Å²) in [5.74, 6) is -2.68. The van der Waals surface area contributed by atoms with E-state index in [4.69, 9.17) is 9.15 Å². The summed E-state index contributed by atoms with van der Waals surface area (Å²) in [7, 11) is 4.10. The Kier molecular flexibility index (Phi) is 12.5. The normalized spacial score (nSPS) is 12.7. The Morgan fingerprint density at radius 2 is 1.46 bits per heavy atom. The van der Waals surface area contributed by atoms with Crippen LogP contribution in [-0.4, -0.2) is 57.0 Å². The van der Waals surface area contributed by atoms with Crippen LogP contribution in [0.4, 0.5) is 0 Å². The average molecular weight is 678 g/mol. The summed E-state index contributed by atoms with van der Waals surface area (Å²) in [6.45, 7) is 4.84. The number of rotatable bonds is 9. The molecule has 0 aliphatic heterocycles. The second-order valence-electron chi connectivity index (χ2n) is 11.6. The number of hydrogen-bond donors (Lipinski definition) is 5. The van der Waals surface area contributed by atoms with Gasteiger partial charge in [0.25, 0.3) is 0 Å². The van der Waals surface area contributed by atoms with Gasteiger partial charge in [-0.3, -0.25) is 9.59 Å². The topological polar surface area (TPSA) is 161 Å². The molecule has 0 saturated carbocycles. The van der Waals surface area contributed by atoms with E-state index < -0.39 is 28.3 Å². The van der Waals surface area contributed by atoms with Gasteiger partial charge < -0.3 is 39.6 Å². The van der Waals surface area contributed by atoms with E-state index >= 15 is 0 Å². The molecule has 0 amide bonds. The Balaban J connectivity index is 0.000000257. The first-order chi connectivity index (χ1) is 22.4. The SMILES string of the molecule is CCC(=O)O[C@](Cc1ccccc1)(c1ccccc1)[C@H](C)CN(C)C.Cl.O=c1c(O)c(-c2ccc(O)cc2O)oc2cc(O)cc(O)c12. The van der Waals surface area contributed by atoms with Crippen LogP contribution >= 0.6 is 12.4 Å². The standard InChI is InChI=1S/C22H29NO2.C15H10O7.ClH/c1-5-21(24)25-22(18(2)17-23(3)4,20-14-10-7-11-15-20)16-19-12-8-6-9-13-19;16-6-1-2-8(9(18)3-6)15-14(21)13(20)12-10(19)4-7(17)5-11(12)22-15;/h6-15,18H,5,16-17H2,1-4H3;1-5,16-19,21H;1H/t18-,22+;;/m1../s1. The van der Waals surface area contributed by atoms with Gasteiger partial charge in [0.1, 0.15) is 39.6 Å². The molecule has 10 nitrogen and oxygen atoms in total. The second kappa shape index (κ2) is 16.1. The Labute approximate surface area is 284 Å². The predicted octanol–water partition coefficient (Wildman–Crippen LogP) is 6.69. The van der Waals surface area contributed by atoms with Gasteiger partial charge in [-0.15, -0.1) is 12.4 Å². The number of fused-ring (bicyclic) bond motifs is 1. The van der Waals surface area contributed by atoms with Gasteiger partial charge in [-0.1, -0.05) is 74.5 Å². The number of ether oxygens (including phenoxy) is 1. The summed E-state index contributed by atoms with van der Waals surface area (Å²) in [5.41, 5.74) is 0.428. The lowest BCUT2D eigenvalue weighted by molar-refractivity contribution is -0.168. The van der Waals surface area contributed by atoms with E-state index in [1.54, 1.807) is 0 Å². The maximum atomic E-state index is 12.3. The van der Waals surface area contributed by atoms with E-state index in [0.717, 1.165) is 30.3 Å². The molecule has 0 radical (unpaired) electrons. The van der Waals surface area contributed by atoms with E-state index in [2.05, 4.69) is 50.2 Å². The van der Waals surface area contributed by atoms with Crippen molar-refractivity contribution in [2.75, 3.05) is 20.6 Å². The molecule has 2 atom stereocenters. The fourth-order valence-electron chi connectivity index (χ4n) is 5.52. The zero-order valence-corrected chi connectivity index (χ0v) is 27.9. The largest absolute Gasteiger partial charge is 0.508 e. The molecule has 0 bridgehead atoms. The van der Waals surface area contributed by atoms with Gasteiger partial charge in [-0.05, 0) is 37.4 Å². The maximum Gasteiger partial charge on any atom is 0.306 e. The molecule has 1 aromatic heterocycles. The monoisotopic (exact) mass is 677 g/mol. The van der Waals surface area contributed by atoms with Crippen LogP contribution in [0.5, 0.6) is 28.7 Å². The third kappa shape index (κ3) is 8.39.